The topological polar surface area (TPSA) is 69.6 Å². The molecule has 0 aliphatic carbocycles. The zero-order chi connectivity index (χ0) is 7.72. The lowest BCUT2D eigenvalue weighted by Gasteiger charge is -2.07. The quantitative estimate of drug-likeness (QED) is 0.451. The third-order valence-corrected chi connectivity index (χ3v) is 1.71. The smallest absolute Gasteiger partial charge is 0.323 e. The first-order valence-corrected chi connectivity index (χ1v) is 3.28. The lowest BCUT2D eigenvalue weighted by Crippen LogP contribution is -2.39. The summed E-state index contributed by atoms with van der Waals surface area (Å²) in [5.74, 6) is -0.975. The van der Waals surface area contributed by atoms with Crippen molar-refractivity contribution in [2.24, 2.45) is 0 Å². The van der Waals surface area contributed by atoms with Crippen LogP contribution in [0.15, 0.2) is 0 Å². The Balaban J connectivity index is 2.54. The molecule has 0 unspecified atom stereocenters. The Morgan fingerprint density at radius 2 is 2.30 bits per heavy atom. The van der Waals surface area contributed by atoms with Crippen molar-refractivity contribution in [1.29, 1.82) is 0 Å². The van der Waals surface area contributed by atoms with Gasteiger partial charge in [0.25, 0.3) is 0 Å². The van der Waals surface area contributed by atoms with Gasteiger partial charge in [0.2, 0.25) is 0 Å². The maximum Gasteiger partial charge on any atom is 0.323 e. The van der Waals surface area contributed by atoms with Crippen LogP contribution in [0, 0.1) is 0 Å². The summed E-state index contributed by atoms with van der Waals surface area (Å²) in [5.41, 5.74) is 0. The maximum absolute atomic E-state index is 10.3. The molecular formula is C6H11NO3. The second-order valence-electron chi connectivity index (χ2n) is 2.69. The Hall–Kier alpha value is -0.610. The summed E-state index contributed by atoms with van der Waals surface area (Å²) in [6, 6.07) is -0.661. The molecule has 4 nitrogen and oxygen atoms in total. The molecule has 1 saturated heterocycles. The van der Waals surface area contributed by atoms with Gasteiger partial charge in [0.05, 0.1) is 6.10 Å². The standard InChI is InChI=1S/C6H11NO3/c1-3-2-4(8)5(7-3)6(9)10/h3-5,7-8H,2H2,1H3,(H,9,10)/t3-,4+,5+/m1/s1. The van der Waals surface area contributed by atoms with Crippen molar-refractivity contribution in [1.82, 2.24) is 5.32 Å². The van der Waals surface area contributed by atoms with E-state index in [1.165, 1.54) is 0 Å². The van der Waals surface area contributed by atoms with E-state index >= 15 is 0 Å². The number of rotatable bonds is 1. The maximum atomic E-state index is 10.3. The Morgan fingerprint density at radius 3 is 2.50 bits per heavy atom. The van der Waals surface area contributed by atoms with E-state index in [0.29, 0.717) is 6.42 Å². The molecule has 1 aliphatic heterocycles. The highest BCUT2D eigenvalue weighted by Crippen LogP contribution is 2.12. The minimum Gasteiger partial charge on any atom is -0.480 e. The fourth-order valence-corrected chi connectivity index (χ4v) is 1.22. The molecule has 0 amide bonds. The summed E-state index contributed by atoms with van der Waals surface area (Å²) < 4.78 is 0. The molecule has 1 aliphatic rings. The predicted molar refractivity (Wildman–Crippen MR) is 34.6 cm³/mol. The van der Waals surface area contributed by atoms with Crippen LogP contribution in [-0.2, 0) is 4.79 Å². The summed E-state index contributed by atoms with van der Waals surface area (Å²) in [4.78, 5) is 10.3. The first-order chi connectivity index (χ1) is 4.61. The summed E-state index contributed by atoms with van der Waals surface area (Å²) in [5, 5.41) is 20.3. The number of carbonyl (C=O) groups is 1. The highest BCUT2D eigenvalue weighted by atomic mass is 16.4. The van der Waals surface area contributed by atoms with Gasteiger partial charge < -0.3 is 10.2 Å². The van der Waals surface area contributed by atoms with Crippen molar-refractivity contribution in [3.05, 3.63) is 0 Å². The van der Waals surface area contributed by atoms with Gasteiger partial charge in [-0.3, -0.25) is 10.1 Å². The number of aliphatic hydroxyl groups excluding tert-OH is 1. The number of aliphatic hydroxyl groups is 1. The highest BCUT2D eigenvalue weighted by molar-refractivity contribution is 5.74. The predicted octanol–water partition coefficient (Wildman–Crippen LogP) is -0.818. The fourth-order valence-electron chi connectivity index (χ4n) is 1.22. The summed E-state index contributed by atoms with van der Waals surface area (Å²) in [6.07, 6.45) is -0.204. The molecule has 0 aromatic carbocycles. The van der Waals surface area contributed by atoms with Crippen LogP contribution in [0.1, 0.15) is 13.3 Å². The van der Waals surface area contributed by atoms with Crippen LogP contribution in [0.4, 0.5) is 0 Å². The van der Waals surface area contributed by atoms with Crippen LogP contribution >= 0.6 is 0 Å². The van der Waals surface area contributed by atoms with Crippen molar-refractivity contribution in [3.8, 4) is 0 Å². The van der Waals surface area contributed by atoms with Gasteiger partial charge in [0.1, 0.15) is 6.04 Å². The zero-order valence-electron chi connectivity index (χ0n) is 5.74. The number of hydrogen-bond acceptors (Lipinski definition) is 3. The molecule has 0 bridgehead atoms. The average Bonchev–Trinajstić information content (AvgIpc) is 2.10. The van der Waals surface area contributed by atoms with Crippen molar-refractivity contribution in [2.45, 2.75) is 31.5 Å². The first kappa shape index (κ1) is 7.50. The van der Waals surface area contributed by atoms with E-state index in [9.17, 15) is 4.79 Å². The fraction of sp³-hybridized carbons (Fsp3) is 0.833. The van der Waals surface area contributed by atoms with Gasteiger partial charge in [-0.25, -0.2) is 0 Å². The summed E-state index contributed by atoms with van der Waals surface area (Å²) >= 11 is 0. The van der Waals surface area contributed by atoms with Gasteiger partial charge in [-0.05, 0) is 13.3 Å². The normalized spacial score (nSPS) is 40.0. The van der Waals surface area contributed by atoms with Crippen molar-refractivity contribution in [2.75, 3.05) is 0 Å². The average molecular weight is 145 g/mol. The number of aliphatic carboxylic acids is 1. The monoisotopic (exact) mass is 145 g/mol. The molecule has 0 aromatic heterocycles. The molecule has 0 radical (unpaired) electrons. The van der Waals surface area contributed by atoms with Gasteiger partial charge >= 0.3 is 5.97 Å². The lowest BCUT2D eigenvalue weighted by atomic mass is 10.1. The molecule has 1 rings (SSSR count). The first-order valence-electron chi connectivity index (χ1n) is 3.28. The van der Waals surface area contributed by atoms with Crippen LogP contribution in [0.25, 0.3) is 0 Å². The van der Waals surface area contributed by atoms with Gasteiger partial charge in [0.15, 0.2) is 0 Å². The number of carboxylic acid groups (broad SMARTS) is 1. The summed E-state index contributed by atoms with van der Waals surface area (Å²) in [7, 11) is 0. The van der Waals surface area contributed by atoms with Crippen molar-refractivity contribution < 1.29 is 15.0 Å². The SMILES string of the molecule is C[C@@H]1C[C@H](O)[C@@H](C(=O)O)N1. The van der Waals surface area contributed by atoms with E-state index in [1.54, 1.807) is 0 Å². The van der Waals surface area contributed by atoms with Gasteiger partial charge in [-0.1, -0.05) is 0 Å². The molecule has 0 saturated carbocycles. The van der Waals surface area contributed by atoms with Crippen LogP contribution in [0.3, 0.4) is 0 Å². The number of carboxylic acids is 1. The zero-order valence-corrected chi connectivity index (χ0v) is 5.74. The van der Waals surface area contributed by atoms with E-state index in [2.05, 4.69) is 5.32 Å². The van der Waals surface area contributed by atoms with E-state index in [-0.39, 0.29) is 6.04 Å². The van der Waals surface area contributed by atoms with Crippen LogP contribution < -0.4 is 5.32 Å². The molecule has 1 heterocycles. The minimum atomic E-state index is -0.975. The lowest BCUT2D eigenvalue weighted by molar-refractivity contribution is -0.141. The summed E-state index contributed by atoms with van der Waals surface area (Å²) in [6.45, 7) is 1.85. The van der Waals surface area contributed by atoms with E-state index in [0.717, 1.165) is 0 Å². The van der Waals surface area contributed by atoms with Gasteiger partial charge in [-0.15, -0.1) is 0 Å². The van der Waals surface area contributed by atoms with Crippen molar-refractivity contribution in [3.63, 3.8) is 0 Å². The Bertz CT molecular complexity index is 148. The van der Waals surface area contributed by atoms with Gasteiger partial charge in [0, 0.05) is 6.04 Å². The molecule has 4 heteroatoms. The van der Waals surface area contributed by atoms with Gasteiger partial charge in [-0.2, -0.15) is 0 Å². The Morgan fingerprint density at radius 1 is 1.70 bits per heavy atom. The Labute approximate surface area is 58.9 Å². The van der Waals surface area contributed by atoms with E-state index in [4.69, 9.17) is 10.2 Å². The molecular weight excluding hydrogens is 134 g/mol. The van der Waals surface area contributed by atoms with E-state index < -0.39 is 18.1 Å². The van der Waals surface area contributed by atoms with E-state index in [1.807, 2.05) is 6.92 Å². The highest BCUT2D eigenvalue weighted by Gasteiger charge is 2.34. The second-order valence-corrected chi connectivity index (χ2v) is 2.69. The largest absolute Gasteiger partial charge is 0.480 e. The molecule has 3 N–H and O–H groups in total. The molecule has 0 aromatic rings. The molecule has 10 heavy (non-hydrogen) atoms. The number of hydrogen-bond donors (Lipinski definition) is 3. The third kappa shape index (κ3) is 1.27. The van der Waals surface area contributed by atoms with Crippen molar-refractivity contribution >= 4 is 5.97 Å². The molecule has 3 atom stereocenters. The van der Waals surface area contributed by atoms with Crippen LogP contribution in [0.2, 0.25) is 0 Å². The Kier molecular flexibility index (Phi) is 1.92. The molecule has 1 fully saturated rings. The number of nitrogens with one attached hydrogen (secondary N) is 1. The molecule has 0 spiro atoms. The third-order valence-electron chi connectivity index (χ3n) is 1.71. The molecule has 58 valence electrons. The second kappa shape index (κ2) is 2.56. The minimum absolute atomic E-state index is 0.107. The van der Waals surface area contributed by atoms with Crippen LogP contribution in [-0.4, -0.2) is 34.4 Å². The van der Waals surface area contributed by atoms with Crippen LogP contribution in [0.5, 0.6) is 0 Å².